The molecule has 3 heterocycles. The van der Waals surface area contributed by atoms with Crippen molar-refractivity contribution >= 4 is 35.2 Å². The van der Waals surface area contributed by atoms with Gasteiger partial charge in [-0.15, -0.1) is 0 Å². The first-order valence-corrected chi connectivity index (χ1v) is 14.4. The molecular weight excluding hydrogens is 492 g/mol. The standard InChI is InChI=1S/C27H40N4O5S/c1-16(2)14-31(37-19-6-7-21-23(13-19)35-26(30-21)29-17(3)4)10-5-9-28-27(32)36-22-12-18-15-34-25-24(18)20(22)8-11-33-25/h6-7,13,16-18,20,22,24-25H,5,8-12,14-15H2,1-4H3,(H,28,32)(H,29,30). The number of fused-ring (bicyclic) bond motifs is 1. The number of carbonyl (C=O) groups excluding carboxylic acids is 1. The minimum absolute atomic E-state index is 0.0273. The van der Waals surface area contributed by atoms with Gasteiger partial charge in [-0.1, -0.05) is 13.8 Å². The maximum Gasteiger partial charge on any atom is 0.407 e. The quantitative estimate of drug-likeness (QED) is 0.302. The predicted octanol–water partition coefficient (Wildman–Crippen LogP) is 5.13. The van der Waals surface area contributed by atoms with Crippen molar-refractivity contribution in [2.45, 2.75) is 70.3 Å². The number of benzene rings is 1. The Kier molecular flexibility index (Phi) is 8.48. The van der Waals surface area contributed by atoms with Crippen LogP contribution in [0.3, 0.4) is 0 Å². The van der Waals surface area contributed by atoms with Crippen LogP contribution in [0.15, 0.2) is 27.5 Å². The van der Waals surface area contributed by atoms with Crippen LogP contribution in [0.5, 0.6) is 0 Å². The van der Waals surface area contributed by atoms with Gasteiger partial charge < -0.3 is 29.3 Å². The second-order valence-electron chi connectivity index (χ2n) is 11.1. The van der Waals surface area contributed by atoms with Crippen LogP contribution in [0.4, 0.5) is 10.8 Å². The number of ether oxygens (including phenoxy) is 3. The van der Waals surface area contributed by atoms with E-state index in [1.807, 2.05) is 12.1 Å². The summed E-state index contributed by atoms with van der Waals surface area (Å²) in [5.41, 5.74) is 1.63. The molecule has 0 bridgehead atoms. The van der Waals surface area contributed by atoms with E-state index in [0.29, 0.717) is 42.8 Å². The van der Waals surface area contributed by atoms with Gasteiger partial charge in [0.1, 0.15) is 11.6 Å². The molecule has 0 radical (unpaired) electrons. The molecule has 5 rings (SSSR count). The van der Waals surface area contributed by atoms with Crippen molar-refractivity contribution in [3.8, 4) is 0 Å². The summed E-state index contributed by atoms with van der Waals surface area (Å²) in [6.07, 6.45) is 2.22. The first kappa shape index (κ1) is 26.6. The first-order chi connectivity index (χ1) is 17.9. The summed E-state index contributed by atoms with van der Waals surface area (Å²) < 4.78 is 25.6. The van der Waals surface area contributed by atoms with E-state index in [9.17, 15) is 4.79 Å². The minimum atomic E-state index is -0.307. The summed E-state index contributed by atoms with van der Waals surface area (Å²) in [5, 5.41) is 6.19. The van der Waals surface area contributed by atoms with Crippen molar-refractivity contribution in [2.75, 3.05) is 38.2 Å². The van der Waals surface area contributed by atoms with Crippen LogP contribution in [0, 0.1) is 23.7 Å². The van der Waals surface area contributed by atoms with Crippen LogP contribution >= 0.6 is 11.9 Å². The molecule has 5 unspecified atom stereocenters. The number of oxazole rings is 1. The zero-order chi connectivity index (χ0) is 25.9. The zero-order valence-electron chi connectivity index (χ0n) is 22.3. The van der Waals surface area contributed by atoms with Crippen molar-refractivity contribution in [2.24, 2.45) is 23.7 Å². The van der Waals surface area contributed by atoms with Crippen LogP contribution in [0.25, 0.3) is 11.1 Å². The second kappa shape index (κ2) is 11.8. The smallest absolute Gasteiger partial charge is 0.407 e. The molecule has 10 heteroatoms. The van der Waals surface area contributed by atoms with E-state index in [0.717, 1.165) is 55.0 Å². The normalized spacial score (nSPS) is 26.8. The highest BCUT2D eigenvalue weighted by Crippen LogP contribution is 2.50. The monoisotopic (exact) mass is 532 g/mol. The Morgan fingerprint density at radius 3 is 2.95 bits per heavy atom. The van der Waals surface area contributed by atoms with E-state index in [-0.39, 0.29) is 24.5 Å². The molecule has 0 spiro atoms. The van der Waals surface area contributed by atoms with Crippen LogP contribution < -0.4 is 10.6 Å². The van der Waals surface area contributed by atoms with Gasteiger partial charge >= 0.3 is 6.09 Å². The fourth-order valence-corrected chi connectivity index (χ4v) is 6.96. The summed E-state index contributed by atoms with van der Waals surface area (Å²) in [4.78, 5) is 18.2. The van der Waals surface area contributed by atoms with Crippen LogP contribution in [-0.2, 0) is 14.2 Å². The molecule has 2 aliphatic heterocycles. The lowest BCUT2D eigenvalue weighted by molar-refractivity contribution is -0.173. The highest BCUT2D eigenvalue weighted by atomic mass is 32.2. The lowest BCUT2D eigenvalue weighted by atomic mass is 9.87. The SMILES string of the molecule is CC(C)CN(CCCNC(=O)OC1CC2COC3OCCC1C23)Sc1ccc2nc(NC(C)C)oc2c1. The molecule has 3 fully saturated rings. The van der Waals surface area contributed by atoms with Gasteiger partial charge in [0.25, 0.3) is 6.01 Å². The number of carbonyl (C=O) groups is 1. The van der Waals surface area contributed by atoms with Crippen LogP contribution in [0.1, 0.15) is 47.0 Å². The lowest BCUT2D eigenvalue weighted by Gasteiger charge is -2.32. The Labute approximate surface area is 223 Å². The minimum Gasteiger partial charge on any atom is -0.446 e. The van der Waals surface area contributed by atoms with Gasteiger partial charge in [0.05, 0.1) is 13.2 Å². The first-order valence-electron chi connectivity index (χ1n) is 13.6. The number of nitrogens with one attached hydrogen (secondary N) is 2. The number of alkyl carbamates (subject to hydrolysis) is 1. The zero-order valence-corrected chi connectivity index (χ0v) is 23.1. The molecule has 1 amide bonds. The number of hydrogen-bond acceptors (Lipinski definition) is 9. The fourth-order valence-electron chi connectivity index (χ4n) is 5.78. The van der Waals surface area contributed by atoms with Gasteiger partial charge in [-0.25, -0.2) is 9.10 Å². The number of rotatable bonds is 11. The van der Waals surface area contributed by atoms with Gasteiger partial charge in [0.15, 0.2) is 11.9 Å². The number of hydrogen-bond donors (Lipinski definition) is 2. The Morgan fingerprint density at radius 1 is 1.27 bits per heavy atom. The average molecular weight is 533 g/mol. The molecule has 1 saturated carbocycles. The average Bonchev–Trinajstić information content (AvgIpc) is 3.53. The summed E-state index contributed by atoms with van der Waals surface area (Å²) >= 11 is 1.72. The summed E-state index contributed by atoms with van der Waals surface area (Å²) in [6.45, 7) is 12.3. The molecule has 2 saturated heterocycles. The van der Waals surface area contributed by atoms with E-state index in [2.05, 4.69) is 53.7 Å². The third-order valence-electron chi connectivity index (χ3n) is 7.26. The van der Waals surface area contributed by atoms with Crippen LogP contribution in [0.2, 0.25) is 0 Å². The molecule has 1 aromatic carbocycles. The Bertz CT molecular complexity index is 1060. The van der Waals surface area contributed by atoms with Gasteiger partial charge in [-0.05, 0) is 75.1 Å². The molecule has 37 heavy (non-hydrogen) atoms. The van der Waals surface area contributed by atoms with Gasteiger partial charge in [-0.2, -0.15) is 4.98 Å². The maximum atomic E-state index is 12.6. The van der Waals surface area contributed by atoms with Gasteiger partial charge in [0.2, 0.25) is 0 Å². The summed E-state index contributed by atoms with van der Waals surface area (Å²) in [5.74, 6) is 1.70. The highest BCUT2D eigenvalue weighted by Gasteiger charge is 2.54. The Morgan fingerprint density at radius 2 is 2.14 bits per heavy atom. The molecule has 5 atom stereocenters. The van der Waals surface area contributed by atoms with Crippen molar-refractivity contribution in [1.29, 1.82) is 0 Å². The molecule has 204 valence electrons. The lowest BCUT2D eigenvalue weighted by Crippen LogP contribution is -2.39. The molecule has 2 N–H and O–H groups in total. The third kappa shape index (κ3) is 6.53. The molecule has 1 aliphatic carbocycles. The topological polar surface area (TPSA) is 98.1 Å². The highest BCUT2D eigenvalue weighted by molar-refractivity contribution is 7.97. The van der Waals surface area contributed by atoms with Crippen molar-refractivity contribution < 1.29 is 23.4 Å². The Balaban J connectivity index is 1.09. The van der Waals surface area contributed by atoms with Crippen molar-refractivity contribution in [3.05, 3.63) is 18.2 Å². The van der Waals surface area contributed by atoms with Crippen molar-refractivity contribution in [3.63, 3.8) is 0 Å². The van der Waals surface area contributed by atoms with E-state index < -0.39 is 0 Å². The predicted molar refractivity (Wildman–Crippen MR) is 143 cm³/mol. The fraction of sp³-hybridized carbons (Fsp3) is 0.704. The van der Waals surface area contributed by atoms with E-state index in [1.54, 1.807) is 11.9 Å². The number of anilines is 1. The third-order valence-corrected chi connectivity index (χ3v) is 8.32. The van der Waals surface area contributed by atoms with Crippen LogP contribution in [-0.4, -0.2) is 66.7 Å². The van der Waals surface area contributed by atoms with E-state index >= 15 is 0 Å². The van der Waals surface area contributed by atoms with Crippen molar-refractivity contribution in [1.82, 2.24) is 14.6 Å². The molecule has 3 aliphatic rings. The van der Waals surface area contributed by atoms with Gasteiger partial charge in [-0.3, -0.25) is 0 Å². The molecular formula is C27H40N4O5S. The number of amides is 1. The largest absolute Gasteiger partial charge is 0.446 e. The number of nitrogens with zero attached hydrogens (tertiary/aromatic N) is 2. The van der Waals surface area contributed by atoms with E-state index in [1.165, 1.54) is 0 Å². The second-order valence-corrected chi connectivity index (χ2v) is 12.3. The molecule has 9 nitrogen and oxygen atoms in total. The summed E-state index contributed by atoms with van der Waals surface area (Å²) in [7, 11) is 0. The summed E-state index contributed by atoms with van der Waals surface area (Å²) in [6, 6.07) is 6.94. The van der Waals surface area contributed by atoms with Gasteiger partial charge in [0, 0.05) is 42.4 Å². The van der Waals surface area contributed by atoms with E-state index in [4.69, 9.17) is 18.6 Å². The number of aromatic nitrogens is 1. The molecule has 1 aromatic heterocycles. The maximum absolute atomic E-state index is 12.6. The Hall–Kier alpha value is -2.01. The molecule has 2 aromatic rings.